The van der Waals surface area contributed by atoms with Gasteiger partial charge in [-0.1, -0.05) is 0 Å². The second-order valence-corrected chi connectivity index (χ2v) is 3.10. The first kappa shape index (κ1) is 8.31. The monoisotopic (exact) mass is 194 g/mol. The zero-order chi connectivity index (χ0) is 9.42. The highest BCUT2D eigenvalue weighted by atomic mass is 35.5. The second kappa shape index (κ2) is 2.88. The second-order valence-electron chi connectivity index (χ2n) is 2.76. The summed E-state index contributed by atoms with van der Waals surface area (Å²) < 4.78 is 0. The Balaban J connectivity index is 2.86. The lowest BCUT2D eigenvalue weighted by Crippen LogP contribution is -1.96. The molecule has 0 saturated carbocycles. The molecule has 0 aliphatic rings. The Morgan fingerprint density at radius 2 is 1.92 bits per heavy atom. The third kappa shape index (κ3) is 1.45. The van der Waals surface area contributed by atoms with Crippen molar-refractivity contribution in [1.29, 1.82) is 0 Å². The quantitative estimate of drug-likeness (QED) is 0.599. The summed E-state index contributed by atoms with van der Waals surface area (Å²) in [5.41, 5.74) is 2.83. The van der Waals surface area contributed by atoms with Gasteiger partial charge >= 0.3 is 0 Å². The summed E-state index contributed by atoms with van der Waals surface area (Å²) in [5, 5.41) is 0.213. The van der Waals surface area contributed by atoms with Crippen molar-refractivity contribution in [3.63, 3.8) is 0 Å². The van der Waals surface area contributed by atoms with Crippen LogP contribution in [-0.4, -0.2) is 19.9 Å². The van der Waals surface area contributed by atoms with Crippen LogP contribution in [0.4, 0.5) is 0 Å². The largest absolute Gasteiger partial charge is 0.249 e. The van der Waals surface area contributed by atoms with Gasteiger partial charge in [-0.15, -0.1) is 0 Å². The molecule has 0 bridgehead atoms. The molecule has 5 heteroatoms. The van der Waals surface area contributed by atoms with Gasteiger partial charge in [0.05, 0.1) is 11.4 Å². The van der Waals surface area contributed by atoms with Crippen molar-refractivity contribution in [2.45, 2.75) is 13.8 Å². The van der Waals surface area contributed by atoms with E-state index in [1.807, 2.05) is 13.8 Å². The molecule has 0 radical (unpaired) electrons. The molecule has 0 aliphatic carbocycles. The summed E-state index contributed by atoms with van der Waals surface area (Å²) in [6.07, 6.45) is 1.69. The fraction of sp³-hybridized carbons (Fsp3) is 0.250. The summed E-state index contributed by atoms with van der Waals surface area (Å²) >= 11 is 5.69. The van der Waals surface area contributed by atoms with Crippen LogP contribution in [-0.2, 0) is 0 Å². The van der Waals surface area contributed by atoms with Gasteiger partial charge in [0, 0.05) is 6.20 Å². The highest BCUT2D eigenvalue weighted by molar-refractivity contribution is 6.28. The first-order valence-electron chi connectivity index (χ1n) is 3.80. The minimum absolute atomic E-state index is 0.213. The van der Waals surface area contributed by atoms with Crippen LogP contribution in [0, 0.1) is 13.8 Å². The Bertz CT molecular complexity index is 464. The lowest BCUT2D eigenvalue weighted by molar-refractivity contribution is 1.07. The Morgan fingerprint density at radius 3 is 2.69 bits per heavy atom. The molecule has 13 heavy (non-hydrogen) atoms. The molecule has 2 aromatic rings. The van der Waals surface area contributed by atoms with E-state index < -0.39 is 0 Å². The molecular formula is C8H7ClN4. The van der Waals surface area contributed by atoms with E-state index in [4.69, 9.17) is 11.6 Å². The van der Waals surface area contributed by atoms with Gasteiger partial charge in [-0.2, -0.15) is 4.98 Å². The summed E-state index contributed by atoms with van der Waals surface area (Å²) in [4.78, 5) is 16.3. The van der Waals surface area contributed by atoms with Crippen molar-refractivity contribution >= 4 is 22.8 Å². The van der Waals surface area contributed by atoms with Gasteiger partial charge in [0.1, 0.15) is 5.52 Å². The zero-order valence-corrected chi connectivity index (χ0v) is 8.00. The van der Waals surface area contributed by atoms with Crippen molar-refractivity contribution in [3.8, 4) is 0 Å². The zero-order valence-electron chi connectivity index (χ0n) is 7.24. The van der Waals surface area contributed by atoms with E-state index in [2.05, 4.69) is 19.9 Å². The molecule has 0 spiro atoms. The highest BCUT2D eigenvalue weighted by Gasteiger charge is 2.04. The smallest absolute Gasteiger partial charge is 0.224 e. The Hall–Kier alpha value is -1.29. The fourth-order valence-corrected chi connectivity index (χ4v) is 1.31. The van der Waals surface area contributed by atoms with Crippen LogP contribution in [0.15, 0.2) is 6.20 Å². The Morgan fingerprint density at radius 1 is 1.15 bits per heavy atom. The molecule has 0 fully saturated rings. The van der Waals surface area contributed by atoms with E-state index in [1.54, 1.807) is 6.20 Å². The number of rotatable bonds is 0. The molecular weight excluding hydrogens is 188 g/mol. The van der Waals surface area contributed by atoms with Crippen LogP contribution in [0.25, 0.3) is 11.2 Å². The number of nitrogens with zero attached hydrogens (tertiary/aromatic N) is 4. The molecule has 66 valence electrons. The van der Waals surface area contributed by atoms with E-state index in [0.29, 0.717) is 11.2 Å². The van der Waals surface area contributed by atoms with E-state index in [9.17, 15) is 0 Å². The van der Waals surface area contributed by atoms with Crippen LogP contribution in [0.1, 0.15) is 11.4 Å². The van der Waals surface area contributed by atoms with Crippen molar-refractivity contribution in [1.82, 2.24) is 19.9 Å². The fourth-order valence-electron chi connectivity index (χ4n) is 1.10. The average molecular weight is 195 g/mol. The lowest BCUT2D eigenvalue weighted by Gasteiger charge is -1.99. The van der Waals surface area contributed by atoms with Gasteiger partial charge < -0.3 is 0 Å². The van der Waals surface area contributed by atoms with Crippen LogP contribution < -0.4 is 0 Å². The maximum absolute atomic E-state index is 5.69. The van der Waals surface area contributed by atoms with Gasteiger partial charge in [-0.3, -0.25) is 0 Å². The summed E-state index contributed by atoms with van der Waals surface area (Å²) in [5.74, 6) is 0. The SMILES string of the molecule is Cc1cnc2c(C)nc(Cl)nc2n1. The van der Waals surface area contributed by atoms with Crippen LogP contribution in [0.5, 0.6) is 0 Å². The maximum Gasteiger partial charge on any atom is 0.224 e. The molecule has 0 atom stereocenters. The lowest BCUT2D eigenvalue weighted by atomic mass is 10.3. The number of aryl methyl sites for hydroxylation is 2. The van der Waals surface area contributed by atoms with E-state index in [-0.39, 0.29) is 5.28 Å². The molecule has 0 aromatic carbocycles. The van der Waals surface area contributed by atoms with Crippen molar-refractivity contribution in [3.05, 3.63) is 22.9 Å². The Kier molecular flexibility index (Phi) is 1.84. The normalized spacial score (nSPS) is 10.7. The number of hydrogen-bond donors (Lipinski definition) is 0. The summed E-state index contributed by atoms with van der Waals surface area (Å²) in [6.45, 7) is 3.69. The molecule has 2 heterocycles. The van der Waals surface area contributed by atoms with Gasteiger partial charge in [0.15, 0.2) is 5.65 Å². The first-order valence-corrected chi connectivity index (χ1v) is 4.18. The molecule has 0 saturated heterocycles. The van der Waals surface area contributed by atoms with Gasteiger partial charge in [0.2, 0.25) is 5.28 Å². The van der Waals surface area contributed by atoms with Crippen LogP contribution in [0.3, 0.4) is 0 Å². The van der Waals surface area contributed by atoms with Gasteiger partial charge in [0.25, 0.3) is 0 Å². The molecule has 0 unspecified atom stereocenters. The minimum atomic E-state index is 0.213. The molecule has 0 amide bonds. The van der Waals surface area contributed by atoms with Crippen LogP contribution in [0.2, 0.25) is 5.28 Å². The minimum Gasteiger partial charge on any atom is -0.249 e. The number of fused-ring (bicyclic) bond motifs is 1. The predicted octanol–water partition coefficient (Wildman–Crippen LogP) is 1.69. The first-order chi connectivity index (χ1) is 6.16. The average Bonchev–Trinajstić information content (AvgIpc) is 2.02. The van der Waals surface area contributed by atoms with Crippen LogP contribution >= 0.6 is 11.6 Å². The van der Waals surface area contributed by atoms with Gasteiger partial charge in [-0.05, 0) is 25.4 Å². The Labute approximate surface area is 80.0 Å². The third-order valence-electron chi connectivity index (χ3n) is 1.68. The molecule has 0 aliphatic heterocycles. The maximum atomic E-state index is 5.69. The van der Waals surface area contributed by atoms with E-state index in [1.165, 1.54) is 0 Å². The van der Waals surface area contributed by atoms with Crippen molar-refractivity contribution < 1.29 is 0 Å². The number of halogens is 1. The van der Waals surface area contributed by atoms with E-state index >= 15 is 0 Å². The highest BCUT2D eigenvalue weighted by Crippen LogP contribution is 2.12. The number of aromatic nitrogens is 4. The molecule has 2 aromatic heterocycles. The molecule has 2 rings (SSSR count). The van der Waals surface area contributed by atoms with Crippen molar-refractivity contribution in [2.75, 3.05) is 0 Å². The van der Waals surface area contributed by atoms with E-state index in [0.717, 1.165) is 11.4 Å². The number of hydrogen-bond acceptors (Lipinski definition) is 4. The van der Waals surface area contributed by atoms with Crippen molar-refractivity contribution in [2.24, 2.45) is 0 Å². The molecule has 0 N–H and O–H groups in total. The summed E-state index contributed by atoms with van der Waals surface area (Å²) in [6, 6.07) is 0. The summed E-state index contributed by atoms with van der Waals surface area (Å²) in [7, 11) is 0. The van der Waals surface area contributed by atoms with Gasteiger partial charge in [-0.25, -0.2) is 15.0 Å². The standard InChI is InChI=1S/C8H7ClN4/c1-4-3-10-6-5(2)12-8(9)13-7(6)11-4/h3H,1-2H3. The topological polar surface area (TPSA) is 51.6 Å². The predicted molar refractivity (Wildman–Crippen MR) is 49.6 cm³/mol. The molecule has 4 nitrogen and oxygen atoms in total. The third-order valence-corrected chi connectivity index (χ3v) is 1.84.